The van der Waals surface area contributed by atoms with Crippen LogP contribution in [0.4, 0.5) is 5.69 Å². The molecule has 0 saturated heterocycles. The first-order chi connectivity index (χ1) is 10.2. The number of aliphatic hydroxyl groups excluding tert-OH is 1. The van der Waals surface area contributed by atoms with E-state index in [1.807, 2.05) is 6.92 Å². The second kappa shape index (κ2) is 7.31. The van der Waals surface area contributed by atoms with Gasteiger partial charge in [0.15, 0.2) is 0 Å². The van der Waals surface area contributed by atoms with Gasteiger partial charge in [-0.3, -0.25) is 4.79 Å². The Hall–Kier alpha value is -1.75. The van der Waals surface area contributed by atoms with Crippen LogP contribution in [0.1, 0.15) is 43.0 Å². The fraction of sp³-hybridized carbons (Fsp3) is 0.562. The number of nitrogens with zero attached hydrogens (tertiary/aromatic N) is 1. The number of ether oxygens (including phenoxy) is 1. The molecule has 1 fully saturated rings. The first kappa shape index (κ1) is 15.6. The lowest BCUT2D eigenvalue weighted by molar-refractivity contribution is 0.0635. The second-order valence-corrected chi connectivity index (χ2v) is 5.31. The Kier molecular flexibility index (Phi) is 5.44. The summed E-state index contributed by atoms with van der Waals surface area (Å²) < 4.78 is 5.54. The van der Waals surface area contributed by atoms with Crippen molar-refractivity contribution in [1.82, 2.24) is 4.90 Å². The minimum Gasteiger partial charge on any atom is -0.493 e. The Morgan fingerprint density at radius 3 is 2.76 bits per heavy atom. The summed E-state index contributed by atoms with van der Waals surface area (Å²) in [6.45, 7) is 2.65. The molecule has 1 aliphatic rings. The lowest BCUT2D eigenvalue weighted by Crippen LogP contribution is -2.41. The molecule has 21 heavy (non-hydrogen) atoms. The minimum absolute atomic E-state index is 0.0427. The van der Waals surface area contributed by atoms with Gasteiger partial charge in [-0.1, -0.05) is 18.9 Å². The average Bonchev–Trinajstić information content (AvgIpc) is 2.98. The maximum atomic E-state index is 12.9. The van der Waals surface area contributed by atoms with Crippen molar-refractivity contribution in [3.63, 3.8) is 0 Å². The quantitative estimate of drug-likeness (QED) is 0.787. The number of carbonyl (C=O) groups excluding carboxylic acids is 1. The predicted octanol–water partition coefficient (Wildman–Crippen LogP) is 2.04. The van der Waals surface area contributed by atoms with E-state index in [1.54, 1.807) is 23.1 Å². The van der Waals surface area contributed by atoms with Crippen molar-refractivity contribution in [1.29, 1.82) is 0 Å². The van der Waals surface area contributed by atoms with Crippen molar-refractivity contribution in [2.24, 2.45) is 0 Å². The third-order valence-corrected chi connectivity index (χ3v) is 3.94. The number of hydrogen-bond donors (Lipinski definition) is 2. The molecular weight excluding hydrogens is 268 g/mol. The predicted molar refractivity (Wildman–Crippen MR) is 82.4 cm³/mol. The highest BCUT2D eigenvalue weighted by atomic mass is 16.5. The zero-order valence-electron chi connectivity index (χ0n) is 12.5. The molecule has 1 aromatic carbocycles. The van der Waals surface area contributed by atoms with Gasteiger partial charge in [-0.2, -0.15) is 0 Å². The molecule has 116 valence electrons. The third-order valence-electron chi connectivity index (χ3n) is 3.94. The Bertz CT molecular complexity index is 484. The van der Waals surface area contributed by atoms with Gasteiger partial charge >= 0.3 is 0 Å². The number of carbonyl (C=O) groups is 1. The van der Waals surface area contributed by atoms with Crippen LogP contribution >= 0.6 is 0 Å². The van der Waals surface area contributed by atoms with Crippen LogP contribution in [-0.4, -0.2) is 41.7 Å². The smallest absolute Gasteiger partial charge is 0.260 e. The summed E-state index contributed by atoms with van der Waals surface area (Å²) in [6.07, 6.45) is 4.23. The Labute approximate surface area is 125 Å². The van der Waals surface area contributed by atoms with Crippen LogP contribution in [0.2, 0.25) is 0 Å². The number of aliphatic hydroxyl groups is 1. The number of nitrogen functional groups attached to an aromatic ring is 1. The van der Waals surface area contributed by atoms with Crippen molar-refractivity contribution in [2.45, 2.75) is 38.6 Å². The second-order valence-electron chi connectivity index (χ2n) is 5.31. The van der Waals surface area contributed by atoms with Gasteiger partial charge in [0, 0.05) is 18.3 Å². The molecule has 1 amide bonds. The summed E-state index contributed by atoms with van der Waals surface area (Å²) in [5, 5.41) is 9.28. The summed E-state index contributed by atoms with van der Waals surface area (Å²) in [6, 6.07) is 5.45. The normalized spacial score (nSPS) is 15.1. The number of nitrogens with two attached hydrogens (primary N) is 1. The monoisotopic (exact) mass is 292 g/mol. The van der Waals surface area contributed by atoms with Crippen LogP contribution in [0.15, 0.2) is 18.2 Å². The summed E-state index contributed by atoms with van der Waals surface area (Å²) in [5.41, 5.74) is 6.83. The summed E-state index contributed by atoms with van der Waals surface area (Å²) in [5.74, 6) is 0.376. The molecule has 0 heterocycles. The van der Waals surface area contributed by atoms with Gasteiger partial charge in [0.2, 0.25) is 0 Å². The standard InChI is InChI=1S/C16H24N2O3/c1-2-21-14-9-5-8-13(17)15(14)16(20)18(10-11-19)12-6-3-4-7-12/h5,8-9,12,19H,2-4,6-7,10-11,17H2,1H3. The number of rotatable bonds is 6. The number of hydrogen-bond acceptors (Lipinski definition) is 4. The molecule has 5 heteroatoms. The van der Waals surface area contributed by atoms with Gasteiger partial charge in [0.05, 0.1) is 13.2 Å². The summed E-state index contributed by atoms with van der Waals surface area (Å²) in [4.78, 5) is 14.6. The third kappa shape index (κ3) is 3.47. The molecule has 2 rings (SSSR count). The van der Waals surface area contributed by atoms with Crippen LogP contribution in [-0.2, 0) is 0 Å². The Morgan fingerprint density at radius 1 is 1.43 bits per heavy atom. The minimum atomic E-state index is -0.141. The Balaban J connectivity index is 2.31. The molecule has 1 saturated carbocycles. The fourth-order valence-corrected chi connectivity index (χ4v) is 2.97. The highest BCUT2D eigenvalue weighted by Gasteiger charge is 2.29. The molecule has 0 spiro atoms. The van der Waals surface area contributed by atoms with Crippen LogP contribution in [0.25, 0.3) is 0 Å². The molecule has 5 nitrogen and oxygen atoms in total. The van der Waals surface area contributed by atoms with E-state index in [0.717, 1.165) is 25.7 Å². The highest BCUT2D eigenvalue weighted by Crippen LogP contribution is 2.30. The maximum absolute atomic E-state index is 12.9. The van der Waals surface area contributed by atoms with Gasteiger partial charge in [-0.25, -0.2) is 0 Å². The van der Waals surface area contributed by atoms with Crippen molar-refractivity contribution in [3.05, 3.63) is 23.8 Å². The van der Waals surface area contributed by atoms with Gasteiger partial charge < -0.3 is 20.5 Å². The number of amides is 1. The largest absolute Gasteiger partial charge is 0.493 e. The van der Waals surface area contributed by atoms with Crippen molar-refractivity contribution >= 4 is 11.6 Å². The summed E-state index contributed by atoms with van der Waals surface area (Å²) >= 11 is 0. The van der Waals surface area contributed by atoms with Crippen molar-refractivity contribution < 1.29 is 14.6 Å². The van der Waals surface area contributed by atoms with Crippen molar-refractivity contribution in [3.8, 4) is 5.75 Å². The van der Waals surface area contributed by atoms with Gasteiger partial charge in [-0.15, -0.1) is 0 Å². The maximum Gasteiger partial charge on any atom is 0.260 e. The van der Waals surface area contributed by atoms with Crippen LogP contribution in [0, 0.1) is 0 Å². The SMILES string of the molecule is CCOc1cccc(N)c1C(=O)N(CCO)C1CCCC1. The van der Waals surface area contributed by atoms with E-state index in [2.05, 4.69) is 0 Å². The van der Waals surface area contributed by atoms with E-state index >= 15 is 0 Å². The van der Waals surface area contributed by atoms with Gasteiger partial charge in [-0.05, 0) is 31.9 Å². The van der Waals surface area contributed by atoms with E-state index < -0.39 is 0 Å². The van der Waals surface area contributed by atoms with Crippen LogP contribution in [0.3, 0.4) is 0 Å². The molecule has 0 bridgehead atoms. The zero-order valence-corrected chi connectivity index (χ0v) is 12.5. The Morgan fingerprint density at radius 2 is 2.14 bits per heavy atom. The first-order valence-corrected chi connectivity index (χ1v) is 7.62. The van der Waals surface area contributed by atoms with E-state index in [1.165, 1.54) is 0 Å². The summed E-state index contributed by atoms with van der Waals surface area (Å²) in [7, 11) is 0. The number of anilines is 1. The molecule has 3 N–H and O–H groups in total. The van der Waals surface area contributed by atoms with Crippen LogP contribution < -0.4 is 10.5 Å². The molecule has 0 radical (unpaired) electrons. The molecular formula is C16H24N2O3. The molecule has 1 aromatic rings. The topological polar surface area (TPSA) is 75.8 Å². The number of benzene rings is 1. The lowest BCUT2D eigenvalue weighted by Gasteiger charge is -2.29. The van der Waals surface area contributed by atoms with Gasteiger partial charge in [0.1, 0.15) is 11.3 Å². The van der Waals surface area contributed by atoms with Crippen LogP contribution in [0.5, 0.6) is 5.75 Å². The molecule has 1 aliphatic carbocycles. The highest BCUT2D eigenvalue weighted by molar-refractivity contribution is 6.02. The van der Waals surface area contributed by atoms with E-state index in [-0.39, 0.29) is 18.6 Å². The molecule has 0 atom stereocenters. The van der Waals surface area contributed by atoms with E-state index in [0.29, 0.717) is 30.2 Å². The lowest BCUT2D eigenvalue weighted by atomic mass is 10.1. The first-order valence-electron chi connectivity index (χ1n) is 7.62. The van der Waals surface area contributed by atoms with Crippen molar-refractivity contribution in [2.75, 3.05) is 25.5 Å². The molecule has 0 aromatic heterocycles. The molecule has 0 aliphatic heterocycles. The van der Waals surface area contributed by atoms with Gasteiger partial charge in [0.25, 0.3) is 5.91 Å². The average molecular weight is 292 g/mol. The fourth-order valence-electron chi connectivity index (χ4n) is 2.97. The van der Waals surface area contributed by atoms with E-state index in [4.69, 9.17) is 10.5 Å². The molecule has 0 unspecified atom stereocenters. The van der Waals surface area contributed by atoms with E-state index in [9.17, 15) is 9.90 Å². The zero-order chi connectivity index (χ0) is 15.2.